The number of piperazine rings is 1. The van der Waals surface area contributed by atoms with E-state index < -0.39 is 15.9 Å². The van der Waals surface area contributed by atoms with E-state index in [2.05, 4.69) is 14.9 Å². The predicted molar refractivity (Wildman–Crippen MR) is 110 cm³/mol. The number of sulfone groups is 1. The van der Waals surface area contributed by atoms with Gasteiger partial charge in [0, 0.05) is 51.7 Å². The Bertz CT molecular complexity index is 917. The lowest BCUT2D eigenvalue weighted by atomic mass is 10.0. The van der Waals surface area contributed by atoms with Gasteiger partial charge in [-0.25, -0.2) is 18.4 Å². The molecule has 0 aliphatic carbocycles. The summed E-state index contributed by atoms with van der Waals surface area (Å²) in [6.45, 7) is 3.29. The third kappa shape index (κ3) is 4.56. The topological polar surface area (TPSA) is 86.7 Å². The molecule has 3 heterocycles. The predicted octanol–water partition coefficient (Wildman–Crippen LogP) is 0.597. The summed E-state index contributed by atoms with van der Waals surface area (Å²) < 4.78 is 23.7. The van der Waals surface area contributed by atoms with Crippen LogP contribution in [0.4, 0.5) is 5.95 Å². The molecule has 0 saturated carbocycles. The van der Waals surface area contributed by atoms with Gasteiger partial charge in [0.05, 0.1) is 11.5 Å². The van der Waals surface area contributed by atoms with Crippen molar-refractivity contribution < 1.29 is 13.2 Å². The maximum atomic E-state index is 13.5. The Kier molecular flexibility index (Phi) is 5.77. The van der Waals surface area contributed by atoms with Crippen LogP contribution in [0.1, 0.15) is 11.6 Å². The Labute approximate surface area is 171 Å². The summed E-state index contributed by atoms with van der Waals surface area (Å²) in [5, 5.41) is 0. The Hall–Kier alpha value is -2.52. The maximum Gasteiger partial charge on any atom is 0.244 e. The first kappa shape index (κ1) is 19.8. The van der Waals surface area contributed by atoms with Gasteiger partial charge in [0.25, 0.3) is 0 Å². The number of anilines is 1. The minimum absolute atomic E-state index is 0.0316. The van der Waals surface area contributed by atoms with E-state index in [1.54, 1.807) is 18.5 Å². The van der Waals surface area contributed by atoms with Crippen LogP contribution in [0.25, 0.3) is 0 Å². The molecule has 2 fully saturated rings. The normalized spacial score (nSPS) is 21.0. The first-order valence-electron chi connectivity index (χ1n) is 9.84. The Morgan fingerprint density at radius 3 is 2.10 bits per heavy atom. The second-order valence-corrected chi connectivity index (χ2v) is 9.67. The third-order valence-electron chi connectivity index (χ3n) is 5.52. The van der Waals surface area contributed by atoms with Gasteiger partial charge in [-0.15, -0.1) is 0 Å². The third-order valence-corrected chi connectivity index (χ3v) is 7.13. The van der Waals surface area contributed by atoms with E-state index in [9.17, 15) is 13.2 Å². The van der Waals surface area contributed by atoms with Gasteiger partial charge in [-0.2, -0.15) is 0 Å². The molecule has 154 valence electrons. The van der Waals surface area contributed by atoms with Crippen LogP contribution in [-0.4, -0.2) is 84.9 Å². The van der Waals surface area contributed by atoms with Crippen LogP contribution in [0.2, 0.25) is 0 Å². The van der Waals surface area contributed by atoms with Crippen molar-refractivity contribution in [1.29, 1.82) is 0 Å². The van der Waals surface area contributed by atoms with E-state index in [-0.39, 0.29) is 17.4 Å². The van der Waals surface area contributed by atoms with Crippen LogP contribution in [0.3, 0.4) is 0 Å². The van der Waals surface area contributed by atoms with Crippen molar-refractivity contribution in [3.8, 4) is 0 Å². The summed E-state index contributed by atoms with van der Waals surface area (Å²) in [4.78, 5) is 28.0. The van der Waals surface area contributed by atoms with Gasteiger partial charge in [0.2, 0.25) is 11.9 Å². The van der Waals surface area contributed by atoms with Gasteiger partial charge in [-0.1, -0.05) is 30.3 Å². The van der Waals surface area contributed by atoms with Crippen LogP contribution >= 0.6 is 0 Å². The average Bonchev–Trinajstić information content (AvgIpc) is 2.76. The highest BCUT2D eigenvalue weighted by molar-refractivity contribution is 7.91. The molecule has 1 atom stereocenters. The van der Waals surface area contributed by atoms with E-state index in [1.807, 2.05) is 40.1 Å². The molecule has 1 aromatic carbocycles. The highest BCUT2D eigenvalue weighted by Crippen LogP contribution is 2.26. The van der Waals surface area contributed by atoms with Gasteiger partial charge >= 0.3 is 0 Å². The zero-order valence-corrected chi connectivity index (χ0v) is 17.0. The van der Waals surface area contributed by atoms with Gasteiger partial charge in [0.1, 0.15) is 6.04 Å². The fourth-order valence-corrected chi connectivity index (χ4v) is 5.11. The molecule has 1 aromatic heterocycles. The molecular formula is C20H25N5O3S. The summed E-state index contributed by atoms with van der Waals surface area (Å²) in [6.07, 6.45) is 3.44. The highest BCUT2D eigenvalue weighted by Gasteiger charge is 2.36. The molecule has 4 rings (SSSR count). The van der Waals surface area contributed by atoms with E-state index in [0.717, 1.165) is 5.56 Å². The van der Waals surface area contributed by atoms with Crippen LogP contribution in [0.15, 0.2) is 48.8 Å². The summed E-state index contributed by atoms with van der Waals surface area (Å²) in [5.74, 6) is 0.912. The standard InChI is InChI=1S/C20H25N5O3S/c26-19(24-9-11-25(12-10-24)20-21-7-4-8-22-20)18(17-5-2-1-3-6-17)23-13-15-29(27,28)16-14-23/h1-8,18H,9-16H2. The lowest BCUT2D eigenvalue weighted by molar-refractivity contribution is -0.137. The lowest BCUT2D eigenvalue weighted by Crippen LogP contribution is -2.54. The molecule has 0 radical (unpaired) electrons. The smallest absolute Gasteiger partial charge is 0.244 e. The average molecular weight is 416 g/mol. The molecule has 1 unspecified atom stereocenters. The molecule has 9 heteroatoms. The second-order valence-electron chi connectivity index (χ2n) is 7.36. The van der Waals surface area contributed by atoms with Crippen molar-refractivity contribution >= 4 is 21.7 Å². The van der Waals surface area contributed by atoms with Crippen molar-refractivity contribution in [3.05, 3.63) is 54.4 Å². The first-order chi connectivity index (χ1) is 14.0. The van der Waals surface area contributed by atoms with Crippen molar-refractivity contribution in [3.63, 3.8) is 0 Å². The molecule has 2 aliphatic heterocycles. The molecule has 1 amide bonds. The minimum Gasteiger partial charge on any atom is -0.337 e. The number of carbonyl (C=O) groups is 1. The van der Waals surface area contributed by atoms with Gasteiger partial charge in [-0.3, -0.25) is 9.69 Å². The Morgan fingerprint density at radius 1 is 0.862 bits per heavy atom. The van der Waals surface area contributed by atoms with Gasteiger partial charge in [0.15, 0.2) is 9.84 Å². The number of benzene rings is 1. The van der Waals surface area contributed by atoms with E-state index in [4.69, 9.17) is 0 Å². The molecule has 2 saturated heterocycles. The molecule has 2 aliphatic rings. The first-order valence-corrected chi connectivity index (χ1v) is 11.7. The minimum atomic E-state index is -3.01. The number of hydrogen-bond donors (Lipinski definition) is 0. The number of aromatic nitrogens is 2. The molecule has 2 aromatic rings. The van der Waals surface area contributed by atoms with Gasteiger partial charge < -0.3 is 9.80 Å². The summed E-state index contributed by atoms with van der Waals surface area (Å²) in [7, 11) is -3.01. The zero-order valence-electron chi connectivity index (χ0n) is 16.2. The summed E-state index contributed by atoms with van der Waals surface area (Å²) >= 11 is 0. The molecule has 0 N–H and O–H groups in total. The summed E-state index contributed by atoms with van der Waals surface area (Å²) in [6, 6.07) is 11.0. The molecule has 0 bridgehead atoms. The van der Waals surface area contributed by atoms with Crippen molar-refractivity contribution in [2.24, 2.45) is 0 Å². The number of rotatable bonds is 4. The van der Waals surface area contributed by atoms with Gasteiger partial charge in [-0.05, 0) is 11.6 Å². The monoisotopic (exact) mass is 415 g/mol. The van der Waals surface area contributed by atoms with Crippen LogP contribution in [0, 0.1) is 0 Å². The van der Waals surface area contributed by atoms with E-state index in [1.165, 1.54) is 0 Å². The van der Waals surface area contributed by atoms with Crippen LogP contribution in [-0.2, 0) is 14.6 Å². The zero-order chi connectivity index (χ0) is 20.3. The highest BCUT2D eigenvalue weighted by atomic mass is 32.2. The number of amides is 1. The maximum absolute atomic E-state index is 13.5. The molecule has 0 spiro atoms. The number of carbonyl (C=O) groups excluding carboxylic acids is 1. The lowest BCUT2D eigenvalue weighted by Gasteiger charge is -2.40. The van der Waals surface area contributed by atoms with Crippen LogP contribution in [0.5, 0.6) is 0 Å². The van der Waals surface area contributed by atoms with Crippen molar-refractivity contribution in [2.75, 3.05) is 55.7 Å². The second kappa shape index (κ2) is 8.46. The molecule has 29 heavy (non-hydrogen) atoms. The number of hydrogen-bond acceptors (Lipinski definition) is 7. The van der Waals surface area contributed by atoms with E-state index in [0.29, 0.717) is 45.2 Å². The summed E-state index contributed by atoms with van der Waals surface area (Å²) in [5.41, 5.74) is 0.908. The van der Waals surface area contributed by atoms with Crippen molar-refractivity contribution in [2.45, 2.75) is 6.04 Å². The molecular weight excluding hydrogens is 390 g/mol. The van der Waals surface area contributed by atoms with E-state index >= 15 is 0 Å². The fourth-order valence-electron chi connectivity index (χ4n) is 3.88. The fraction of sp³-hybridized carbons (Fsp3) is 0.450. The van der Waals surface area contributed by atoms with Crippen molar-refractivity contribution in [1.82, 2.24) is 19.8 Å². The SMILES string of the molecule is O=C(C(c1ccccc1)N1CCS(=O)(=O)CC1)N1CCN(c2ncccn2)CC1. The quantitative estimate of drug-likeness (QED) is 0.723. The molecule has 8 nitrogen and oxygen atoms in total. The Morgan fingerprint density at radius 2 is 1.48 bits per heavy atom. The Balaban J connectivity index is 1.49. The largest absolute Gasteiger partial charge is 0.337 e. The number of nitrogens with zero attached hydrogens (tertiary/aromatic N) is 5. The van der Waals surface area contributed by atoms with Crippen LogP contribution < -0.4 is 4.90 Å².